The first-order valence-electron chi connectivity index (χ1n) is 5.24. The van der Waals surface area contributed by atoms with Crippen LogP contribution in [0.1, 0.15) is 11.1 Å². The normalized spacial score (nSPS) is 10.2. The van der Waals surface area contributed by atoms with Crippen LogP contribution in [0.15, 0.2) is 30.4 Å². The van der Waals surface area contributed by atoms with Gasteiger partial charge in [0.15, 0.2) is 0 Å². The molecule has 0 heterocycles. The second kappa shape index (κ2) is 8.20. The molecule has 2 nitrogen and oxygen atoms in total. The first-order chi connectivity index (χ1) is 7.25. The number of likely N-dealkylation sites (N-methyl/N-ethyl adjacent to an activating group) is 1. The van der Waals surface area contributed by atoms with Crippen molar-refractivity contribution in [2.75, 3.05) is 20.2 Å². The van der Waals surface area contributed by atoms with Crippen molar-refractivity contribution in [3.8, 4) is 5.75 Å². The lowest BCUT2D eigenvalue weighted by Crippen LogP contribution is -2.05. The number of hydrogen-bond acceptors (Lipinski definition) is 2. The Morgan fingerprint density at radius 1 is 1.25 bits per heavy atom. The molecule has 0 aliphatic carbocycles. The highest BCUT2D eigenvalue weighted by Gasteiger charge is 1.99. The predicted octanol–water partition coefficient (Wildman–Crippen LogP) is 2.88. The van der Waals surface area contributed by atoms with E-state index in [-0.39, 0.29) is 12.4 Å². The Labute approximate surface area is 104 Å². The zero-order valence-electron chi connectivity index (χ0n) is 10.1. The van der Waals surface area contributed by atoms with Crippen LogP contribution >= 0.6 is 12.4 Å². The van der Waals surface area contributed by atoms with E-state index in [1.165, 1.54) is 11.1 Å². The summed E-state index contributed by atoms with van der Waals surface area (Å²) in [6, 6.07) is 6.13. The van der Waals surface area contributed by atoms with Crippen LogP contribution in [0.4, 0.5) is 0 Å². The number of aryl methyl sites for hydroxylation is 1. The highest BCUT2D eigenvalue weighted by atomic mass is 35.5. The van der Waals surface area contributed by atoms with E-state index in [1.807, 2.05) is 25.3 Å². The lowest BCUT2D eigenvalue weighted by molar-refractivity contribution is 0.359. The van der Waals surface area contributed by atoms with E-state index in [0.29, 0.717) is 6.61 Å². The van der Waals surface area contributed by atoms with Crippen molar-refractivity contribution in [3.05, 3.63) is 41.5 Å². The minimum atomic E-state index is 0. The van der Waals surface area contributed by atoms with E-state index >= 15 is 0 Å². The largest absolute Gasteiger partial charge is 0.489 e. The molecule has 0 aliphatic rings. The molecular weight excluding hydrogens is 222 g/mol. The maximum Gasteiger partial charge on any atom is 0.122 e. The third kappa shape index (κ3) is 4.69. The van der Waals surface area contributed by atoms with E-state index < -0.39 is 0 Å². The number of halogens is 1. The topological polar surface area (TPSA) is 21.3 Å². The molecule has 3 heteroatoms. The Bertz CT molecular complexity index is 337. The van der Waals surface area contributed by atoms with Crippen LogP contribution in [0, 0.1) is 13.8 Å². The molecule has 0 radical (unpaired) electrons. The fourth-order valence-corrected chi connectivity index (χ4v) is 1.29. The molecule has 0 atom stereocenters. The van der Waals surface area contributed by atoms with Crippen LogP contribution < -0.4 is 10.1 Å². The van der Waals surface area contributed by atoms with Gasteiger partial charge in [-0.05, 0) is 38.1 Å². The van der Waals surface area contributed by atoms with Gasteiger partial charge in [-0.2, -0.15) is 0 Å². The zero-order valence-corrected chi connectivity index (χ0v) is 10.9. The van der Waals surface area contributed by atoms with Gasteiger partial charge in [0.1, 0.15) is 12.4 Å². The maximum atomic E-state index is 5.65. The summed E-state index contributed by atoms with van der Waals surface area (Å²) < 4.78 is 5.65. The van der Waals surface area contributed by atoms with E-state index in [2.05, 4.69) is 31.3 Å². The first kappa shape index (κ1) is 15.0. The first-order valence-corrected chi connectivity index (χ1v) is 5.24. The molecule has 0 aromatic heterocycles. The van der Waals surface area contributed by atoms with Gasteiger partial charge in [0.25, 0.3) is 0 Å². The molecule has 1 N–H and O–H groups in total. The van der Waals surface area contributed by atoms with Crippen molar-refractivity contribution in [3.63, 3.8) is 0 Å². The summed E-state index contributed by atoms with van der Waals surface area (Å²) in [6.45, 7) is 5.70. The third-order valence-electron chi connectivity index (χ3n) is 2.38. The van der Waals surface area contributed by atoms with E-state index in [0.717, 1.165) is 12.3 Å². The lowest BCUT2D eigenvalue weighted by atomic mass is 10.1. The quantitative estimate of drug-likeness (QED) is 0.801. The van der Waals surface area contributed by atoms with Crippen molar-refractivity contribution < 1.29 is 4.74 Å². The van der Waals surface area contributed by atoms with E-state index in [9.17, 15) is 0 Å². The van der Waals surface area contributed by atoms with Gasteiger partial charge in [-0.25, -0.2) is 0 Å². The van der Waals surface area contributed by atoms with Crippen molar-refractivity contribution in [1.29, 1.82) is 0 Å². The number of hydrogen-bond donors (Lipinski definition) is 1. The molecule has 1 rings (SSSR count). The molecule has 0 spiro atoms. The van der Waals surface area contributed by atoms with Gasteiger partial charge < -0.3 is 10.1 Å². The molecule has 16 heavy (non-hydrogen) atoms. The van der Waals surface area contributed by atoms with Gasteiger partial charge >= 0.3 is 0 Å². The molecule has 0 fully saturated rings. The lowest BCUT2D eigenvalue weighted by Gasteiger charge is -2.08. The molecule has 1 aromatic carbocycles. The number of ether oxygens (including phenoxy) is 1. The average molecular weight is 242 g/mol. The Balaban J connectivity index is 0.00000225. The summed E-state index contributed by atoms with van der Waals surface area (Å²) in [4.78, 5) is 0. The highest BCUT2D eigenvalue weighted by Crippen LogP contribution is 2.20. The van der Waals surface area contributed by atoms with Crippen molar-refractivity contribution in [1.82, 2.24) is 5.32 Å². The van der Waals surface area contributed by atoms with Crippen molar-refractivity contribution in [2.24, 2.45) is 0 Å². The van der Waals surface area contributed by atoms with E-state index in [1.54, 1.807) is 0 Å². The van der Waals surface area contributed by atoms with Crippen LogP contribution in [0.2, 0.25) is 0 Å². The van der Waals surface area contributed by atoms with Crippen LogP contribution in [0.25, 0.3) is 0 Å². The number of rotatable bonds is 5. The van der Waals surface area contributed by atoms with Crippen molar-refractivity contribution >= 4 is 12.4 Å². The molecule has 0 bridgehead atoms. The van der Waals surface area contributed by atoms with Gasteiger partial charge in [-0.1, -0.05) is 24.3 Å². The summed E-state index contributed by atoms with van der Waals surface area (Å²) >= 11 is 0. The van der Waals surface area contributed by atoms with Crippen LogP contribution in [-0.4, -0.2) is 20.2 Å². The summed E-state index contributed by atoms with van der Waals surface area (Å²) in [6.07, 6.45) is 4.09. The van der Waals surface area contributed by atoms with Gasteiger partial charge in [0.05, 0.1) is 0 Å². The highest BCUT2D eigenvalue weighted by molar-refractivity contribution is 5.85. The average Bonchev–Trinajstić information content (AvgIpc) is 2.24. The predicted molar refractivity (Wildman–Crippen MR) is 71.7 cm³/mol. The van der Waals surface area contributed by atoms with Crippen LogP contribution in [0.3, 0.4) is 0 Å². The molecule has 90 valence electrons. The monoisotopic (exact) mass is 241 g/mol. The van der Waals surface area contributed by atoms with Gasteiger partial charge in [-0.3, -0.25) is 0 Å². The Hall–Kier alpha value is -0.990. The Morgan fingerprint density at radius 3 is 2.69 bits per heavy atom. The van der Waals surface area contributed by atoms with E-state index in [4.69, 9.17) is 4.74 Å². The molecule has 0 saturated heterocycles. The molecular formula is C13H20ClNO. The minimum absolute atomic E-state index is 0. The molecule has 0 saturated carbocycles. The number of benzene rings is 1. The Morgan fingerprint density at radius 2 is 2.00 bits per heavy atom. The van der Waals surface area contributed by atoms with Crippen LogP contribution in [0.5, 0.6) is 5.75 Å². The summed E-state index contributed by atoms with van der Waals surface area (Å²) in [5.74, 6) is 0.976. The van der Waals surface area contributed by atoms with Crippen LogP contribution in [-0.2, 0) is 0 Å². The smallest absolute Gasteiger partial charge is 0.122 e. The zero-order chi connectivity index (χ0) is 11.1. The fraction of sp³-hybridized carbons (Fsp3) is 0.385. The Kier molecular flexibility index (Phi) is 7.69. The molecule has 0 amide bonds. The second-order valence-corrected chi connectivity index (χ2v) is 3.54. The summed E-state index contributed by atoms with van der Waals surface area (Å²) in [5.41, 5.74) is 2.49. The fourth-order valence-electron chi connectivity index (χ4n) is 1.29. The standard InChI is InChI=1S/C13H19NO.ClH/c1-11-7-6-8-13(12(11)2)15-10-5-4-9-14-3;/h4-8,14H,9-10H2,1-3H3;1H/b5-4+;. The van der Waals surface area contributed by atoms with Crippen molar-refractivity contribution in [2.45, 2.75) is 13.8 Å². The van der Waals surface area contributed by atoms with Gasteiger partial charge in [0.2, 0.25) is 0 Å². The summed E-state index contributed by atoms with van der Waals surface area (Å²) in [5, 5.41) is 3.04. The molecule has 0 aliphatic heterocycles. The second-order valence-electron chi connectivity index (χ2n) is 3.54. The SMILES string of the molecule is CNC/C=C/COc1cccc(C)c1C.Cl. The van der Waals surface area contributed by atoms with Gasteiger partial charge in [0, 0.05) is 6.54 Å². The third-order valence-corrected chi connectivity index (χ3v) is 2.38. The van der Waals surface area contributed by atoms with Gasteiger partial charge in [-0.15, -0.1) is 12.4 Å². The minimum Gasteiger partial charge on any atom is -0.489 e. The molecule has 1 aromatic rings. The number of nitrogens with one attached hydrogen (secondary N) is 1. The maximum absolute atomic E-state index is 5.65. The summed E-state index contributed by atoms with van der Waals surface area (Å²) in [7, 11) is 1.93. The molecule has 0 unspecified atom stereocenters.